The van der Waals surface area contributed by atoms with Crippen molar-refractivity contribution in [3.8, 4) is 0 Å². The molecule has 0 aliphatic carbocycles. The Bertz CT molecular complexity index is 985. The topological polar surface area (TPSA) is 73.0 Å². The lowest BCUT2D eigenvalue weighted by Gasteiger charge is -2.42. The number of anilines is 1. The van der Waals surface area contributed by atoms with Gasteiger partial charge in [-0.2, -0.15) is 0 Å². The number of hydrogen-bond acceptors (Lipinski definition) is 3. The number of hydrogen-bond donors (Lipinski definition) is 1. The molecule has 2 saturated heterocycles. The monoisotopic (exact) mass is 454 g/mol. The Balaban J connectivity index is 1.28. The zero-order valence-corrected chi connectivity index (χ0v) is 18.8. The van der Waals surface area contributed by atoms with E-state index in [9.17, 15) is 14.4 Å². The highest BCUT2D eigenvalue weighted by Crippen LogP contribution is 2.22. The Hall–Kier alpha value is -3.06. The molecule has 2 aliphatic rings. The van der Waals surface area contributed by atoms with Crippen LogP contribution >= 0.6 is 11.6 Å². The summed E-state index contributed by atoms with van der Waals surface area (Å²) in [5, 5.41) is 3.48. The lowest BCUT2D eigenvalue weighted by atomic mass is 10.0. The predicted molar refractivity (Wildman–Crippen MR) is 123 cm³/mol. The number of amides is 4. The highest BCUT2D eigenvalue weighted by molar-refractivity contribution is 6.35. The van der Waals surface area contributed by atoms with Gasteiger partial charge in [0.1, 0.15) is 0 Å². The quantitative estimate of drug-likeness (QED) is 0.718. The Morgan fingerprint density at radius 1 is 0.938 bits per heavy atom. The van der Waals surface area contributed by atoms with Gasteiger partial charge in [-0.05, 0) is 49.6 Å². The summed E-state index contributed by atoms with van der Waals surface area (Å²) in [6, 6.07) is 14.8. The van der Waals surface area contributed by atoms with Crippen LogP contribution in [0.25, 0.3) is 0 Å². The summed E-state index contributed by atoms with van der Waals surface area (Å²) in [6.45, 7) is 4.59. The highest BCUT2D eigenvalue weighted by atomic mass is 35.5. The molecular formula is C24H27ClN4O3. The van der Waals surface area contributed by atoms with Gasteiger partial charge in [-0.1, -0.05) is 41.4 Å². The minimum atomic E-state index is -0.445. The van der Waals surface area contributed by atoms with E-state index in [0.29, 0.717) is 56.3 Å². The number of likely N-dealkylation sites (tertiary alicyclic amines) is 1. The number of halogens is 1. The van der Waals surface area contributed by atoms with Crippen molar-refractivity contribution in [3.05, 3.63) is 64.7 Å². The van der Waals surface area contributed by atoms with Gasteiger partial charge in [0.25, 0.3) is 0 Å². The van der Waals surface area contributed by atoms with Crippen molar-refractivity contribution in [1.82, 2.24) is 14.7 Å². The minimum absolute atomic E-state index is 0.0208. The molecular weight excluding hydrogens is 428 g/mol. The Labute approximate surface area is 192 Å². The van der Waals surface area contributed by atoms with Gasteiger partial charge in [0.05, 0.1) is 0 Å². The molecule has 2 aliphatic heterocycles. The second-order valence-electron chi connectivity index (χ2n) is 8.37. The molecule has 0 atom stereocenters. The van der Waals surface area contributed by atoms with Crippen LogP contribution < -0.4 is 5.32 Å². The summed E-state index contributed by atoms with van der Waals surface area (Å²) in [5.41, 5.74) is 2.87. The molecule has 1 N–H and O–H groups in total. The van der Waals surface area contributed by atoms with Gasteiger partial charge in [-0.25, -0.2) is 4.79 Å². The first-order chi connectivity index (χ1) is 15.4. The van der Waals surface area contributed by atoms with Gasteiger partial charge in [-0.15, -0.1) is 0 Å². The molecule has 0 saturated carbocycles. The summed E-state index contributed by atoms with van der Waals surface area (Å²) in [5.74, 6) is -0.882. The lowest BCUT2D eigenvalue weighted by Crippen LogP contribution is -2.59. The van der Waals surface area contributed by atoms with E-state index < -0.39 is 11.8 Å². The van der Waals surface area contributed by atoms with E-state index in [1.807, 2.05) is 31.2 Å². The first-order valence-electron chi connectivity index (χ1n) is 10.9. The summed E-state index contributed by atoms with van der Waals surface area (Å²) >= 11 is 5.88. The molecule has 2 aromatic rings. The van der Waals surface area contributed by atoms with E-state index >= 15 is 0 Å². The molecule has 0 radical (unpaired) electrons. The van der Waals surface area contributed by atoms with Crippen LogP contribution in [0.1, 0.15) is 24.0 Å². The fourth-order valence-electron chi connectivity index (χ4n) is 4.22. The third kappa shape index (κ3) is 5.05. The van der Waals surface area contributed by atoms with E-state index in [1.54, 1.807) is 39.0 Å². The Kier molecular flexibility index (Phi) is 6.65. The second-order valence-corrected chi connectivity index (χ2v) is 8.80. The number of urea groups is 1. The molecule has 168 valence electrons. The van der Waals surface area contributed by atoms with Crippen molar-refractivity contribution in [2.45, 2.75) is 32.4 Å². The number of nitrogens with one attached hydrogen (secondary N) is 1. The van der Waals surface area contributed by atoms with Crippen LogP contribution in [0.5, 0.6) is 0 Å². The molecule has 0 spiro atoms. The molecule has 2 heterocycles. The minimum Gasteiger partial charge on any atom is -0.330 e. The normalized spacial score (nSPS) is 17.6. The van der Waals surface area contributed by atoms with Crippen LogP contribution in [0, 0.1) is 6.92 Å². The van der Waals surface area contributed by atoms with E-state index in [0.717, 1.165) is 11.1 Å². The maximum Gasteiger partial charge on any atom is 0.321 e. The second kappa shape index (κ2) is 9.61. The van der Waals surface area contributed by atoms with Crippen LogP contribution in [-0.4, -0.2) is 64.8 Å². The number of aryl methyl sites for hydroxylation is 1. The van der Waals surface area contributed by atoms with Gasteiger partial charge in [-0.3, -0.25) is 9.59 Å². The van der Waals surface area contributed by atoms with Gasteiger partial charge in [0, 0.05) is 49.5 Å². The van der Waals surface area contributed by atoms with Crippen molar-refractivity contribution in [2.24, 2.45) is 0 Å². The molecule has 0 bridgehead atoms. The number of rotatable bonds is 4. The molecule has 4 amide bonds. The SMILES string of the molecule is Cc1ccc(CN2CCN(C3CCN(C(=O)Nc4ccc(Cl)cc4)CC3)C(=O)C2=O)cc1. The van der Waals surface area contributed by atoms with E-state index in [2.05, 4.69) is 5.32 Å². The van der Waals surface area contributed by atoms with E-state index in [1.165, 1.54) is 0 Å². The number of nitrogens with zero attached hydrogens (tertiary/aromatic N) is 3. The van der Waals surface area contributed by atoms with Gasteiger partial charge >= 0.3 is 17.8 Å². The average Bonchev–Trinajstić information content (AvgIpc) is 2.80. The van der Waals surface area contributed by atoms with Crippen molar-refractivity contribution in [3.63, 3.8) is 0 Å². The van der Waals surface area contributed by atoms with Gasteiger partial charge < -0.3 is 20.0 Å². The third-order valence-corrected chi connectivity index (χ3v) is 6.38. The fraction of sp³-hybridized carbons (Fsp3) is 0.375. The van der Waals surface area contributed by atoms with Crippen LogP contribution in [0.15, 0.2) is 48.5 Å². The smallest absolute Gasteiger partial charge is 0.321 e. The average molecular weight is 455 g/mol. The summed E-state index contributed by atoms with van der Waals surface area (Å²) in [7, 11) is 0. The molecule has 4 rings (SSSR count). The van der Waals surface area contributed by atoms with Crippen molar-refractivity contribution in [2.75, 3.05) is 31.5 Å². The molecule has 0 unspecified atom stereocenters. The summed E-state index contributed by atoms with van der Waals surface area (Å²) in [6.07, 6.45) is 1.32. The molecule has 7 nitrogen and oxygen atoms in total. The van der Waals surface area contributed by atoms with E-state index in [-0.39, 0.29) is 12.1 Å². The first-order valence-corrected chi connectivity index (χ1v) is 11.3. The van der Waals surface area contributed by atoms with Gasteiger partial charge in [0.2, 0.25) is 0 Å². The predicted octanol–water partition coefficient (Wildman–Crippen LogP) is 3.52. The highest BCUT2D eigenvalue weighted by Gasteiger charge is 2.38. The Morgan fingerprint density at radius 3 is 2.25 bits per heavy atom. The third-order valence-electron chi connectivity index (χ3n) is 6.12. The van der Waals surface area contributed by atoms with Crippen molar-refractivity contribution in [1.29, 1.82) is 0 Å². The van der Waals surface area contributed by atoms with Gasteiger partial charge in [0.15, 0.2) is 0 Å². The van der Waals surface area contributed by atoms with Crippen molar-refractivity contribution >= 4 is 35.1 Å². The molecule has 2 aromatic carbocycles. The first kappa shape index (κ1) is 22.1. The molecule has 32 heavy (non-hydrogen) atoms. The molecule has 2 fully saturated rings. The molecule has 8 heteroatoms. The standard InChI is InChI=1S/C24H27ClN4O3/c1-17-2-4-18(5-3-17)16-28-14-15-29(23(31)22(28)30)21-10-12-27(13-11-21)24(32)26-20-8-6-19(25)7-9-20/h2-9,21H,10-16H2,1H3,(H,26,32). The molecule has 0 aromatic heterocycles. The maximum absolute atomic E-state index is 12.8. The number of carbonyl (C=O) groups excluding carboxylic acids is 3. The summed E-state index contributed by atoms with van der Waals surface area (Å²) in [4.78, 5) is 43.1. The van der Waals surface area contributed by atoms with Crippen molar-refractivity contribution < 1.29 is 14.4 Å². The van der Waals surface area contributed by atoms with E-state index in [4.69, 9.17) is 11.6 Å². The largest absolute Gasteiger partial charge is 0.330 e. The lowest BCUT2D eigenvalue weighted by molar-refractivity contribution is -0.158. The van der Waals surface area contributed by atoms with Crippen LogP contribution in [-0.2, 0) is 16.1 Å². The zero-order valence-electron chi connectivity index (χ0n) is 18.1. The fourth-order valence-corrected chi connectivity index (χ4v) is 4.35. The number of piperazine rings is 1. The number of benzene rings is 2. The van der Waals surface area contributed by atoms with Crippen LogP contribution in [0.4, 0.5) is 10.5 Å². The van der Waals surface area contributed by atoms with Crippen LogP contribution in [0.3, 0.4) is 0 Å². The summed E-state index contributed by atoms with van der Waals surface area (Å²) < 4.78 is 0. The zero-order chi connectivity index (χ0) is 22.7. The maximum atomic E-state index is 12.8. The number of piperidine rings is 1. The Morgan fingerprint density at radius 2 is 1.59 bits per heavy atom. The van der Waals surface area contributed by atoms with Crippen LogP contribution in [0.2, 0.25) is 5.02 Å². The number of carbonyl (C=O) groups is 3.